The van der Waals surface area contributed by atoms with Gasteiger partial charge in [-0.1, -0.05) is 29.8 Å². The van der Waals surface area contributed by atoms with Crippen molar-refractivity contribution in [2.45, 2.75) is 19.3 Å². The summed E-state index contributed by atoms with van der Waals surface area (Å²) < 4.78 is 0. The van der Waals surface area contributed by atoms with E-state index in [9.17, 15) is 0 Å². The first kappa shape index (κ1) is 7.81. The predicted octanol–water partition coefficient (Wildman–Crippen LogP) is 2.09. The zero-order valence-corrected chi connectivity index (χ0v) is 7.33. The van der Waals surface area contributed by atoms with Crippen LogP contribution in [0.15, 0.2) is 24.3 Å². The molecule has 0 spiro atoms. The Bertz CT molecular complexity index is 280. The number of aliphatic hydroxyl groups excluding tert-OH is 1. The van der Waals surface area contributed by atoms with Gasteiger partial charge in [0.05, 0.1) is 0 Å². The number of rotatable bonds is 2. The zero-order chi connectivity index (χ0) is 8.55. The average molecular weight is 162 g/mol. The number of aryl methyl sites for hydroxylation is 1. The van der Waals surface area contributed by atoms with Crippen molar-refractivity contribution in [2.75, 3.05) is 6.61 Å². The standard InChI is InChI=1S/C11H14O/c1-8-3-2-4-9(5-8)11-6-10(11)7-12/h2-5,10-12H,6-7H2,1H3/t10-,11+/m1/s1. The summed E-state index contributed by atoms with van der Waals surface area (Å²) in [5, 5.41) is 8.91. The second-order valence-electron chi connectivity index (χ2n) is 3.70. The minimum Gasteiger partial charge on any atom is -0.396 e. The molecule has 2 atom stereocenters. The minimum absolute atomic E-state index is 0.346. The molecular formula is C11H14O. The molecule has 0 saturated heterocycles. The Morgan fingerprint density at radius 1 is 1.50 bits per heavy atom. The summed E-state index contributed by atoms with van der Waals surface area (Å²) in [5.41, 5.74) is 2.71. The quantitative estimate of drug-likeness (QED) is 0.706. The van der Waals surface area contributed by atoms with Crippen LogP contribution in [0.25, 0.3) is 0 Å². The van der Waals surface area contributed by atoms with Crippen LogP contribution in [0, 0.1) is 12.8 Å². The lowest BCUT2D eigenvalue weighted by Crippen LogP contribution is -1.88. The maximum Gasteiger partial charge on any atom is 0.0465 e. The summed E-state index contributed by atoms with van der Waals surface area (Å²) in [6, 6.07) is 8.59. The summed E-state index contributed by atoms with van der Waals surface area (Å²) >= 11 is 0. The highest BCUT2D eigenvalue weighted by Gasteiger charge is 2.37. The smallest absolute Gasteiger partial charge is 0.0465 e. The Labute approximate surface area is 73.0 Å². The van der Waals surface area contributed by atoms with E-state index >= 15 is 0 Å². The van der Waals surface area contributed by atoms with Crippen LogP contribution in [0.3, 0.4) is 0 Å². The highest BCUT2D eigenvalue weighted by atomic mass is 16.3. The Balaban J connectivity index is 2.14. The van der Waals surface area contributed by atoms with Crippen LogP contribution in [0.1, 0.15) is 23.5 Å². The predicted molar refractivity (Wildman–Crippen MR) is 49.1 cm³/mol. The van der Waals surface area contributed by atoms with Gasteiger partial charge in [0.1, 0.15) is 0 Å². The molecular weight excluding hydrogens is 148 g/mol. The minimum atomic E-state index is 0.346. The Hall–Kier alpha value is -0.820. The Morgan fingerprint density at radius 2 is 2.33 bits per heavy atom. The van der Waals surface area contributed by atoms with Gasteiger partial charge in [-0.15, -0.1) is 0 Å². The summed E-state index contributed by atoms with van der Waals surface area (Å²) in [6.45, 7) is 2.46. The molecule has 0 bridgehead atoms. The van der Waals surface area contributed by atoms with Gasteiger partial charge in [0.15, 0.2) is 0 Å². The van der Waals surface area contributed by atoms with Gasteiger partial charge >= 0.3 is 0 Å². The van der Waals surface area contributed by atoms with E-state index in [-0.39, 0.29) is 0 Å². The van der Waals surface area contributed by atoms with Gasteiger partial charge in [-0.25, -0.2) is 0 Å². The van der Waals surface area contributed by atoms with Crippen molar-refractivity contribution in [2.24, 2.45) is 5.92 Å². The molecule has 1 heteroatoms. The molecule has 0 radical (unpaired) electrons. The monoisotopic (exact) mass is 162 g/mol. The first-order valence-electron chi connectivity index (χ1n) is 4.48. The number of benzene rings is 1. The van der Waals surface area contributed by atoms with Gasteiger partial charge in [0.2, 0.25) is 0 Å². The van der Waals surface area contributed by atoms with Crippen molar-refractivity contribution in [1.82, 2.24) is 0 Å². The van der Waals surface area contributed by atoms with E-state index in [2.05, 4.69) is 31.2 Å². The lowest BCUT2D eigenvalue weighted by Gasteiger charge is -1.99. The SMILES string of the molecule is Cc1cccc([C@@H]2C[C@@H]2CO)c1. The van der Waals surface area contributed by atoms with Crippen LogP contribution < -0.4 is 0 Å². The van der Waals surface area contributed by atoms with Crippen LogP contribution in [0.4, 0.5) is 0 Å². The second kappa shape index (κ2) is 2.91. The summed E-state index contributed by atoms with van der Waals surface area (Å²) in [5.74, 6) is 1.17. The van der Waals surface area contributed by atoms with E-state index in [1.165, 1.54) is 17.5 Å². The molecule has 1 aromatic rings. The fourth-order valence-corrected chi connectivity index (χ4v) is 1.76. The van der Waals surface area contributed by atoms with Crippen molar-refractivity contribution in [3.63, 3.8) is 0 Å². The summed E-state index contributed by atoms with van der Waals surface area (Å²) in [6.07, 6.45) is 1.17. The van der Waals surface area contributed by atoms with Crippen molar-refractivity contribution in [3.8, 4) is 0 Å². The average Bonchev–Trinajstić information content (AvgIpc) is 2.83. The van der Waals surface area contributed by atoms with E-state index in [0.717, 1.165) is 0 Å². The fraction of sp³-hybridized carbons (Fsp3) is 0.455. The van der Waals surface area contributed by atoms with E-state index in [0.29, 0.717) is 18.4 Å². The fourth-order valence-electron chi connectivity index (χ4n) is 1.76. The molecule has 1 nitrogen and oxygen atoms in total. The van der Waals surface area contributed by atoms with Crippen molar-refractivity contribution >= 4 is 0 Å². The largest absolute Gasteiger partial charge is 0.396 e. The molecule has 0 aliphatic heterocycles. The molecule has 12 heavy (non-hydrogen) atoms. The number of hydrogen-bond acceptors (Lipinski definition) is 1. The maximum atomic E-state index is 8.91. The normalized spacial score (nSPS) is 27.2. The molecule has 1 aliphatic carbocycles. The lowest BCUT2D eigenvalue weighted by atomic mass is 10.1. The van der Waals surface area contributed by atoms with Crippen molar-refractivity contribution in [3.05, 3.63) is 35.4 Å². The van der Waals surface area contributed by atoms with E-state index in [1.54, 1.807) is 0 Å². The van der Waals surface area contributed by atoms with E-state index in [1.807, 2.05) is 0 Å². The highest BCUT2D eigenvalue weighted by molar-refractivity contribution is 5.29. The van der Waals surface area contributed by atoms with E-state index in [4.69, 9.17) is 5.11 Å². The van der Waals surface area contributed by atoms with Gasteiger partial charge in [0.25, 0.3) is 0 Å². The zero-order valence-electron chi connectivity index (χ0n) is 7.33. The van der Waals surface area contributed by atoms with Gasteiger partial charge in [-0.2, -0.15) is 0 Å². The maximum absolute atomic E-state index is 8.91. The van der Waals surface area contributed by atoms with Crippen LogP contribution >= 0.6 is 0 Å². The molecule has 64 valence electrons. The third-order valence-corrected chi connectivity index (χ3v) is 2.63. The third-order valence-electron chi connectivity index (χ3n) is 2.63. The van der Waals surface area contributed by atoms with Crippen molar-refractivity contribution < 1.29 is 5.11 Å². The van der Waals surface area contributed by atoms with Gasteiger partial charge in [0, 0.05) is 6.61 Å². The molecule has 1 aliphatic rings. The second-order valence-corrected chi connectivity index (χ2v) is 3.70. The van der Waals surface area contributed by atoms with Crippen LogP contribution in [0.2, 0.25) is 0 Å². The first-order valence-corrected chi connectivity index (χ1v) is 4.48. The van der Waals surface area contributed by atoms with Crippen LogP contribution in [0.5, 0.6) is 0 Å². The van der Waals surface area contributed by atoms with Crippen LogP contribution in [-0.4, -0.2) is 11.7 Å². The van der Waals surface area contributed by atoms with Gasteiger partial charge < -0.3 is 5.11 Å². The molecule has 0 aromatic heterocycles. The molecule has 0 amide bonds. The molecule has 1 fully saturated rings. The lowest BCUT2D eigenvalue weighted by molar-refractivity contribution is 0.274. The Morgan fingerprint density at radius 3 is 2.92 bits per heavy atom. The molecule has 1 N–H and O–H groups in total. The Kier molecular flexibility index (Phi) is 1.89. The topological polar surface area (TPSA) is 20.2 Å². The highest BCUT2D eigenvalue weighted by Crippen LogP contribution is 2.46. The van der Waals surface area contributed by atoms with Crippen LogP contribution in [-0.2, 0) is 0 Å². The number of hydrogen-bond donors (Lipinski definition) is 1. The molecule has 0 unspecified atom stereocenters. The number of aliphatic hydroxyl groups is 1. The van der Waals surface area contributed by atoms with Gasteiger partial charge in [-0.3, -0.25) is 0 Å². The summed E-state index contributed by atoms with van der Waals surface area (Å²) in [7, 11) is 0. The van der Waals surface area contributed by atoms with E-state index < -0.39 is 0 Å². The van der Waals surface area contributed by atoms with Gasteiger partial charge in [-0.05, 0) is 30.7 Å². The van der Waals surface area contributed by atoms with Crippen molar-refractivity contribution in [1.29, 1.82) is 0 Å². The molecule has 1 saturated carbocycles. The molecule has 0 heterocycles. The first-order chi connectivity index (χ1) is 5.81. The summed E-state index contributed by atoms with van der Waals surface area (Å²) in [4.78, 5) is 0. The molecule has 2 rings (SSSR count). The third kappa shape index (κ3) is 1.37. The molecule has 1 aromatic carbocycles.